The number of rotatable bonds is 5. The highest BCUT2D eigenvalue weighted by atomic mass is 79.9. The van der Waals surface area contributed by atoms with Gasteiger partial charge in [0.25, 0.3) is 5.91 Å². The van der Waals surface area contributed by atoms with Crippen molar-refractivity contribution >= 4 is 27.7 Å². The van der Waals surface area contributed by atoms with Crippen molar-refractivity contribution in [1.29, 1.82) is 0 Å². The van der Waals surface area contributed by atoms with Gasteiger partial charge in [-0.15, -0.1) is 0 Å². The molecule has 3 aromatic rings. The molecule has 0 bridgehead atoms. The zero-order chi connectivity index (χ0) is 16.9. The summed E-state index contributed by atoms with van der Waals surface area (Å²) in [5.74, 6) is 0.598. The van der Waals surface area contributed by atoms with Gasteiger partial charge >= 0.3 is 0 Å². The van der Waals surface area contributed by atoms with Crippen LogP contribution in [0, 0.1) is 0 Å². The Labute approximate surface area is 147 Å². The Morgan fingerprint density at radius 3 is 2.75 bits per heavy atom. The van der Waals surface area contributed by atoms with Crippen LogP contribution in [0.4, 0.5) is 5.82 Å². The van der Waals surface area contributed by atoms with Crippen molar-refractivity contribution in [2.45, 2.75) is 6.54 Å². The van der Waals surface area contributed by atoms with Gasteiger partial charge in [0.05, 0.1) is 19.9 Å². The van der Waals surface area contributed by atoms with E-state index in [4.69, 9.17) is 4.74 Å². The van der Waals surface area contributed by atoms with E-state index in [1.54, 1.807) is 35.3 Å². The molecule has 24 heavy (non-hydrogen) atoms. The molecule has 0 atom stereocenters. The molecule has 2 aromatic heterocycles. The van der Waals surface area contributed by atoms with Gasteiger partial charge in [0.2, 0.25) is 5.88 Å². The molecular weight excluding hydrogens is 372 g/mol. The average molecular weight is 387 g/mol. The van der Waals surface area contributed by atoms with Crippen LogP contribution in [0.2, 0.25) is 0 Å². The molecule has 1 N–H and O–H groups in total. The zero-order valence-electron chi connectivity index (χ0n) is 12.9. The Kier molecular flexibility index (Phi) is 4.90. The van der Waals surface area contributed by atoms with Crippen LogP contribution in [0.25, 0.3) is 0 Å². The van der Waals surface area contributed by atoms with Crippen molar-refractivity contribution in [3.63, 3.8) is 0 Å². The molecule has 1 amide bonds. The number of nitrogens with zero attached hydrogens (tertiary/aromatic N) is 3. The Hall–Kier alpha value is -2.67. The van der Waals surface area contributed by atoms with Crippen LogP contribution in [0.3, 0.4) is 0 Å². The Bertz CT molecular complexity index is 846. The second kappa shape index (κ2) is 7.27. The van der Waals surface area contributed by atoms with Gasteiger partial charge in [-0.3, -0.25) is 4.79 Å². The SMILES string of the molecule is COc1ncccc1C(=O)Nc1ccnn1Cc1ccc(Br)cc1. The first-order valence-electron chi connectivity index (χ1n) is 7.24. The summed E-state index contributed by atoms with van der Waals surface area (Å²) in [6.45, 7) is 0.556. The number of anilines is 1. The van der Waals surface area contributed by atoms with Gasteiger partial charge in [0, 0.05) is 16.7 Å². The minimum Gasteiger partial charge on any atom is -0.480 e. The average Bonchev–Trinajstić information content (AvgIpc) is 3.03. The summed E-state index contributed by atoms with van der Waals surface area (Å²) < 4.78 is 7.87. The smallest absolute Gasteiger partial charge is 0.262 e. The molecule has 0 spiro atoms. The summed E-state index contributed by atoms with van der Waals surface area (Å²) in [4.78, 5) is 16.5. The molecule has 0 saturated carbocycles. The lowest BCUT2D eigenvalue weighted by Gasteiger charge is -2.10. The number of aromatic nitrogens is 3. The van der Waals surface area contributed by atoms with E-state index in [9.17, 15) is 4.79 Å². The van der Waals surface area contributed by atoms with Crippen LogP contribution in [0.1, 0.15) is 15.9 Å². The fourth-order valence-electron chi connectivity index (χ4n) is 2.24. The Morgan fingerprint density at radius 1 is 1.21 bits per heavy atom. The minimum atomic E-state index is -0.294. The highest BCUT2D eigenvalue weighted by Gasteiger charge is 2.15. The van der Waals surface area contributed by atoms with Crippen LogP contribution in [0.15, 0.2) is 59.3 Å². The van der Waals surface area contributed by atoms with E-state index in [0.29, 0.717) is 17.9 Å². The van der Waals surface area contributed by atoms with Crippen molar-refractivity contribution in [3.8, 4) is 5.88 Å². The zero-order valence-corrected chi connectivity index (χ0v) is 14.5. The first-order valence-corrected chi connectivity index (χ1v) is 8.03. The van der Waals surface area contributed by atoms with Gasteiger partial charge < -0.3 is 10.1 Å². The lowest BCUT2D eigenvalue weighted by atomic mass is 10.2. The lowest BCUT2D eigenvalue weighted by molar-refractivity contribution is 0.102. The third-order valence-corrected chi connectivity index (χ3v) is 3.94. The van der Waals surface area contributed by atoms with Gasteiger partial charge in [0.15, 0.2) is 0 Å². The molecule has 0 aliphatic heterocycles. The number of carbonyl (C=O) groups excluding carboxylic acids is 1. The van der Waals surface area contributed by atoms with Crippen LogP contribution in [0.5, 0.6) is 5.88 Å². The summed E-state index contributed by atoms with van der Waals surface area (Å²) in [6, 6.07) is 13.0. The maximum atomic E-state index is 12.5. The van der Waals surface area contributed by atoms with E-state index in [2.05, 4.69) is 31.3 Å². The largest absolute Gasteiger partial charge is 0.480 e. The molecule has 0 radical (unpaired) electrons. The maximum Gasteiger partial charge on any atom is 0.262 e. The molecule has 2 heterocycles. The summed E-state index contributed by atoms with van der Waals surface area (Å²) in [5.41, 5.74) is 1.45. The number of methoxy groups -OCH3 is 1. The number of hydrogen-bond donors (Lipinski definition) is 1. The fraction of sp³-hybridized carbons (Fsp3) is 0.118. The van der Waals surface area contributed by atoms with Gasteiger partial charge in [0.1, 0.15) is 11.4 Å². The molecule has 1 aromatic carbocycles. The Morgan fingerprint density at radius 2 is 2.00 bits per heavy atom. The topological polar surface area (TPSA) is 69.0 Å². The first kappa shape index (κ1) is 16.2. The number of nitrogens with one attached hydrogen (secondary N) is 1. The maximum absolute atomic E-state index is 12.5. The summed E-state index contributed by atoms with van der Waals surface area (Å²) >= 11 is 3.41. The van der Waals surface area contributed by atoms with E-state index in [1.165, 1.54) is 7.11 Å². The predicted molar refractivity (Wildman–Crippen MR) is 94.2 cm³/mol. The molecular formula is C17H15BrN4O2. The number of hydrogen-bond acceptors (Lipinski definition) is 4. The van der Waals surface area contributed by atoms with Crippen LogP contribution >= 0.6 is 15.9 Å². The highest BCUT2D eigenvalue weighted by molar-refractivity contribution is 9.10. The molecule has 0 unspecified atom stereocenters. The van der Waals surface area contributed by atoms with E-state index in [0.717, 1.165) is 10.0 Å². The molecule has 7 heteroatoms. The van der Waals surface area contributed by atoms with Gasteiger partial charge in [-0.2, -0.15) is 5.10 Å². The van der Waals surface area contributed by atoms with Crippen molar-refractivity contribution in [2.24, 2.45) is 0 Å². The Balaban J connectivity index is 1.78. The van der Waals surface area contributed by atoms with E-state index in [1.807, 2.05) is 24.3 Å². The molecule has 0 saturated heterocycles. The van der Waals surface area contributed by atoms with Crippen molar-refractivity contribution in [1.82, 2.24) is 14.8 Å². The van der Waals surface area contributed by atoms with Crippen molar-refractivity contribution in [3.05, 3.63) is 70.5 Å². The van der Waals surface area contributed by atoms with Crippen molar-refractivity contribution < 1.29 is 9.53 Å². The fourth-order valence-corrected chi connectivity index (χ4v) is 2.50. The second-order valence-electron chi connectivity index (χ2n) is 5.01. The number of ether oxygens (including phenoxy) is 1. The highest BCUT2D eigenvalue weighted by Crippen LogP contribution is 2.17. The quantitative estimate of drug-likeness (QED) is 0.729. The van der Waals surface area contributed by atoms with Gasteiger partial charge in [-0.05, 0) is 29.8 Å². The summed E-state index contributed by atoms with van der Waals surface area (Å²) in [7, 11) is 1.48. The molecule has 3 rings (SSSR count). The third-order valence-electron chi connectivity index (χ3n) is 3.41. The van der Waals surface area contributed by atoms with Crippen molar-refractivity contribution in [2.75, 3.05) is 12.4 Å². The van der Waals surface area contributed by atoms with E-state index in [-0.39, 0.29) is 11.8 Å². The number of carbonyl (C=O) groups is 1. The summed E-state index contributed by atoms with van der Waals surface area (Å²) in [5, 5.41) is 7.11. The monoisotopic (exact) mass is 386 g/mol. The lowest BCUT2D eigenvalue weighted by Crippen LogP contribution is -2.17. The van der Waals surface area contributed by atoms with Crippen LogP contribution in [-0.4, -0.2) is 27.8 Å². The van der Waals surface area contributed by atoms with Crippen LogP contribution in [-0.2, 0) is 6.54 Å². The molecule has 0 aliphatic carbocycles. The summed E-state index contributed by atoms with van der Waals surface area (Å²) in [6.07, 6.45) is 3.22. The number of amides is 1. The second-order valence-corrected chi connectivity index (χ2v) is 5.93. The number of benzene rings is 1. The predicted octanol–water partition coefficient (Wildman–Crippen LogP) is 3.35. The molecule has 6 nitrogen and oxygen atoms in total. The normalized spacial score (nSPS) is 10.4. The van der Waals surface area contributed by atoms with E-state index >= 15 is 0 Å². The number of halogens is 1. The molecule has 122 valence electrons. The molecule has 0 fully saturated rings. The van der Waals surface area contributed by atoms with Gasteiger partial charge in [-0.25, -0.2) is 9.67 Å². The van der Waals surface area contributed by atoms with Crippen LogP contribution < -0.4 is 10.1 Å². The number of pyridine rings is 1. The standard InChI is InChI=1S/C17H15BrN4O2/c1-24-17-14(3-2-9-19-17)16(23)21-15-8-10-20-22(15)11-12-4-6-13(18)7-5-12/h2-10H,11H2,1H3,(H,21,23). The molecule has 0 aliphatic rings. The van der Waals surface area contributed by atoms with Gasteiger partial charge in [-0.1, -0.05) is 28.1 Å². The first-order chi connectivity index (χ1) is 11.7. The minimum absolute atomic E-state index is 0.286. The third kappa shape index (κ3) is 3.62. The van der Waals surface area contributed by atoms with E-state index < -0.39 is 0 Å².